The quantitative estimate of drug-likeness (QED) is 0.687. The third kappa shape index (κ3) is 5.87. The Kier molecular flexibility index (Phi) is 6.81. The lowest BCUT2D eigenvalue weighted by atomic mass is 10.1. The molecule has 0 aliphatic carbocycles. The fourth-order valence-electron chi connectivity index (χ4n) is 2.38. The van der Waals surface area contributed by atoms with Gasteiger partial charge in [-0.1, -0.05) is 42.8 Å². The second-order valence-electron chi connectivity index (χ2n) is 5.39. The fraction of sp³-hybridized carbons (Fsp3) is 0.333. The first-order valence-electron chi connectivity index (χ1n) is 7.76. The largest absolute Gasteiger partial charge is 0.479 e. The Morgan fingerprint density at radius 2 is 1.83 bits per heavy atom. The summed E-state index contributed by atoms with van der Waals surface area (Å²) in [6.07, 6.45) is 4.20. The number of hydrogen-bond acceptors (Lipinski definition) is 3. The first-order valence-corrected chi connectivity index (χ1v) is 8.64. The van der Waals surface area contributed by atoms with Gasteiger partial charge in [0.25, 0.3) is 0 Å². The summed E-state index contributed by atoms with van der Waals surface area (Å²) in [4.78, 5) is 24.6. The number of nitrogens with one attached hydrogen (secondary N) is 1. The van der Waals surface area contributed by atoms with Gasteiger partial charge in [-0.25, -0.2) is 4.79 Å². The van der Waals surface area contributed by atoms with Crippen molar-refractivity contribution >= 4 is 23.2 Å². The van der Waals surface area contributed by atoms with Crippen molar-refractivity contribution in [2.75, 3.05) is 0 Å². The van der Waals surface area contributed by atoms with E-state index in [0.29, 0.717) is 12.0 Å². The average Bonchev–Trinajstić information content (AvgIpc) is 3.06. The molecule has 0 spiro atoms. The van der Waals surface area contributed by atoms with E-state index in [9.17, 15) is 14.7 Å². The summed E-state index contributed by atoms with van der Waals surface area (Å²) in [6, 6.07) is 12.0. The van der Waals surface area contributed by atoms with Crippen LogP contribution < -0.4 is 5.32 Å². The minimum Gasteiger partial charge on any atom is -0.479 e. The van der Waals surface area contributed by atoms with Gasteiger partial charge in [-0.2, -0.15) is 0 Å². The van der Waals surface area contributed by atoms with Crippen molar-refractivity contribution in [3.8, 4) is 0 Å². The average molecular weight is 331 g/mol. The van der Waals surface area contributed by atoms with Gasteiger partial charge in [0.15, 0.2) is 6.04 Å². The van der Waals surface area contributed by atoms with Crippen LogP contribution in [-0.2, 0) is 16.0 Å². The maximum atomic E-state index is 12.0. The van der Waals surface area contributed by atoms with Crippen LogP contribution in [0, 0.1) is 0 Å². The summed E-state index contributed by atoms with van der Waals surface area (Å²) in [6.45, 7) is 0. The first kappa shape index (κ1) is 17.2. The molecule has 0 fully saturated rings. The Balaban J connectivity index is 1.71. The summed E-state index contributed by atoms with van der Waals surface area (Å²) in [5.74, 6) is -1.25. The molecule has 1 amide bonds. The number of hydrogen-bond donors (Lipinski definition) is 2. The Bertz CT molecular complexity index is 610. The van der Waals surface area contributed by atoms with Gasteiger partial charge in [-0.15, -0.1) is 11.3 Å². The smallest absolute Gasteiger partial charge is 0.330 e. The normalized spacial score (nSPS) is 11.8. The molecule has 0 aliphatic rings. The van der Waals surface area contributed by atoms with Crippen molar-refractivity contribution < 1.29 is 14.7 Å². The predicted octanol–water partition coefficient (Wildman–Crippen LogP) is 3.79. The Hall–Kier alpha value is -2.14. The summed E-state index contributed by atoms with van der Waals surface area (Å²) >= 11 is 1.75. The van der Waals surface area contributed by atoms with Gasteiger partial charge < -0.3 is 10.4 Å². The number of rotatable bonds is 9. The minimum absolute atomic E-state index is 0.211. The van der Waals surface area contributed by atoms with Gasteiger partial charge in [0.2, 0.25) is 5.91 Å². The van der Waals surface area contributed by atoms with Crippen LogP contribution in [0.25, 0.3) is 0 Å². The summed E-state index contributed by atoms with van der Waals surface area (Å²) in [5, 5.41) is 13.9. The van der Waals surface area contributed by atoms with E-state index in [4.69, 9.17) is 0 Å². The number of carbonyl (C=O) groups is 2. The highest BCUT2D eigenvalue weighted by Gasteiger charge is 2.21. The topological polar surface area (TPSA) is 66.4 Å². The van der Waals surface area contributed by atoms with Crippen LogP contribution in [-0.4, -0.2) is 17.0 Å². The lowest BCUT2D eigenvalue weighted by Crippen LogP contribution is -2.33. The van der Waals surface area contributed by atoms with Gasteiger partial charge in [0.1, 0.15) is 0 Å². The first-order chi connectivity index (χ1) is 11.2. The van der Waals surface area contributed by atoms with Crippen LogP contribution in [0.3, 0.4) is 0 Å². The van der Waals surface area contributed by atoms with Crippen LogP contribution in [0.1, 0.15) is 42.2 Å². The molecule has 0 bridgehead atoms. The van der Waals surface area contributed by atoms with Crippen LogP contribution in [0.5, 0.6) is 0 Å². The number of aliphatic carboxylic acids is 1. The molecule has 1 aromatic carbocycles. The molecule has 2 N–H and O–H groups in total. The predicted molar refractivity (Wildman–Crippen MR) is 91.5 cm³/mol. The number of aryl methyl sites for hydroxylation is 1. The van der Waals surface area contributed by atoms with Crippen molar-refractivity contribution in [3.63, 3.8) is 0 Å². The van der Waals surface area contributed by atoms with Crippen LogP contribution >= 0.6 is 11.3 Å². The number of carboxylic acids is 1. The van der Waals surface area contributed by atoms with Gasteiger partial charge in [-0.05, 0) is 36.3 Å². The van der Waals surface area contributed by atoms with E-state index in [0.717, 1.165) is 25.7 Å². The summed E-state index contributed by atoms with van der Waals surface area (Å²) in [5.41, 5.74) is 0.589. The van der Waals surface area contributed by atoms with Crippen molar-refractivity contribution in [1.82, 2.24) is 5.32 Å². The molecule has 0 saturated carbocycles. The molecule has 5 heteroatoms. The van der Waals surface area contributed by atoms with Gasteiger partial charge in [0.05, 0.1) is 0 Å². The van der Waals surface area contributed by atoms with Gasteiger partial charge in [-0.3, -0.25) is 4.79 Å². The van der Waals surface area contributed by atoms with Crippen molar-refractivity contribution in [2.45, 2.75) is 38.1 Å². The Morgan fingerprint density at radius 1 is 1.04 bits per heavy atom. The summed E-state index contributed by atoms with van der Waals surface area (Å²) < 4.78 is 0. The van der Waals surface area contributed by atoms with Crippen LogP contribution in [0.4, 0.5) is 0 Å². The molecule has 2 aromatic rings. The minimum atomic E-state index is -1.04. The molecule has 0 radical (unpaired) electrons. The number of carboxylic acid groups (broad SMARTS) is 1. The van der Waals surface area contributed by atoms with Crippen molar-refractivity contribution in [2.24, 2.45) is 0 Å². The fourth-order valence-corrected chi connectivity index (χ4v) is 3.13. The second-order valence-corrected chi connectivity index (χ2v) is 6.42. The number of amides is 1. The molecule has 1 atom stereocenters. The molecule has 122 valence electrons. The Labute approximate surface area is 140 Å². The third-order valence-electron chi connectivity index (χ3n) is 3.59. The van der Waals surface area contributed by atoms with Crippen molar-refractivity contribution in [3.05, 3.63) is 58.3 Å². The van der Waals surface area contributed by atoms with E-state index < -0.39 is 12.0 Å². The molecule has 2 rings (SSSR count). The molecule has 23 heavy (non-hydrogen) atoms. The van der Waals surface area contributed by atoms with E-state index >= 15 is 0 Å². The maximum Gasteiger partial charge on any atom is 0.330 e. The zero-order valence-electron chi connectivity index (χ0n) is 12.9. The molecule has 0 saturated heterocycles. The molecule has 1 aromatic heterocycles. The zero-order valence-corrected chi connectivity index (χ0v) is 13.7. The van der Waals surface area contributed by atoms with Crippen molar-refractivity contribution in [1.29, 1.82) is 0 Å². The molecular formula is C18H21NO3S. The molecular weight excluding hydrogens is 310 g/mol. The second kappa shape index (κ2) is 9.10. The van der Waals surface area contributed by atoms with Crippen LogP contribution in [0.2, 0.25) is 0 Å². The van der Waals surface area contributed by atoms with E-state index in [1.165, 1.54) is 4.88 Å². The Morgan fingerprint density at radius 3 is 2.48 bits per heavy atom. The molecule has 0 aliphatic heterocycles. The van der Waals surface area contributed by atoms with Gasteiger partial charge in [0, 0.05) is 11.3 Å². The molecule has 0 unspecified atom stereocenters. The zero-order chi connectivity index (χ0) is 16.5. The molecule has 4 nitrogen and oxygen atoms in total. The number of benzene rings is 1. The summed E-state index contributed by atoms with van der Waals surface area (Å²) in [7, 11) is 0. The van der Waals surface area contributed by atoms with E-state index in [-0.39, 0.29) is 5.91 Å². The highest BCUT2D eigenvalue weighted by molar-refractivity contribution is 7.09. The highest BCUT2D eigenvalue weighted by atomic mass is 32.1. The highest BCUT2D eigenvalue weighted by Crippen LogP contribution is 2.15. The number of carbonyl (C=O) groups excluding carboxylic acids is 1. The number of unbranched alkanes of at least 4 members (excludes halogenated alkanes) is 2. The monoisotopic (exact) mass is 331 g/mol. The third-order valence-corrected chi connectivity index (χ3v) is 4.53. The van der Waals surface area contributed by atoms with E-state index in [2.05, 4.69) is 16.8 Å². The van der Waals surface area contributed by atoms with Gasteiger partial charge >= 0.3 is 5.97 Å². The van der Waals surface area contributed by atoms with E-state index in [1.807, 2.05) is 12.1 Å². The number of thiophene rings is 1. The molecule has 1 heterocycles. The lowest BCUT2D eigenvalue weighted by molar-refractivity contribution is -0.142. The van der Waals surface area contributed by atoms with E-state index in [1.54, 1.807) is 35.6 Å². The maximum absolute atomic E-state index is 12.0. The lowest BCUT2D eigenvalue weighted by Gasteiger charge is -2.14. The SMILES string of the molecule is O=C(CCCCCc1cccs1)N[C@H](C(=O)O)c1ccccc1. The standard InChI is InChI=1S/C18H21NO3S/c20-16(12-6-2-5-10-15-11-7-13-23-15)19-17(18(21)22)14-8-3-1-4-9-14/h1,3-4,7-9,11,13,17H,2,5-6,10,12H2,(H,19,20)(H,21,22)/t17-/m0/s1. The van der Waals surface area contributed by atoms with Crippen LogP contribution in [0.15, 0.2) is 47.8 Å².